The van der Waals surface area contributed by atoms with E-state index in [1.807, 2.05) is 0 Å². The maximum atomic E-state index is 2.43. The molecule has 56 heavy (non-hydrogen) atoms. The summed E-state index contributed by atoms with van der Waals surface area (Å²) >= 11 is 0. The molecule has 0 aromatic heterocycles. The van der Waals surface area contributed by atoms with Crippen molar-refractivity contribution in [1.82, 2.24) is 0 Å². The van der Waals surface area contributed by atoms with Crippen molar-refractivity contribution in [3.05, 3.63) is 223 Å². The number of anilines is 3. The normalized spacial score (nSPS) is 12.6. The van der Waals surface area contributed by atoms with Gasteiger partial charge in [0, 0.05) is 22.5 Å². The van der Waals surface area contributed by atoms with E-state index in [1.54, 1.807) is 0 Å². The second-order valence-corrected chi connectivity index (χ2v) is 15.4. The summed E-state index contributed by atoms with van der Waals surface area (Å²) in [6, 6.07) is 77.3. The van der Waals surface area contributed by atoms with Gasteiger partial charge < -0.3 is 4.90 Å². The topological polar surface area (TPSA) is 3.24 Å². The molecule has 0 aliphatic heterocycles. The Balaban J connectivity index is 1.02. The Bertz CT molecular complexity index is 2740. The largest absolute Gasteiger partial charge is 0.311 e. The van der Waals surface area contributed by atoms with Gasteiger partial charge in [-0.25, -0.2) is 0 Å². The SMILES string of the molecule is CC1(C)c2cc(-c3ccc(N(c4ccc(-c5ccccc5)cc4)c4ccc(-c5ccccc5)cc4)cc3)ccc2-c2cc(-c3ccccc3)c3ccccc3c21. The third-order valence-electron chi connectivity index (χ3n) is 11.7. The van der Waals surface area contributed by atoms with Gasteiger partial charge in [0.05, 0.1) is 0 Å². The fourth-order valence-corrected chi connectivity index (χ4v) is 8.85. The predicted octanol–water partition coefficient (Wildman–Crippen LogP) is 15.3. The molecule has 0 spiro atoms. The van der Waals surface area contributed by atoms with E-state index in [4.69, 9.17) is 0 Å². The zero-order chi connectivity index (χ0) is 37.6. The summed E-state index contributed by atoms with van der Waals surface area (Å²) < 4.78 is 0. The summed E-state index contributed by atoms with van der Waals surface area (Å²) in [6.07, 6.45) is 0. The maximum absolute atomic E-state index is 2.43. The molecule has 0 saturated carbocycles. The monoisotopic (exact) mass is 715 g/mol. The number of hydrogen-bond donors (Lipinski definition) is 0. The van der Waals surface area contributed by atoms with Crippen LogP contribution in [0, 0.1) is 0 Å². The van der Waals surface area contributed by atoms with Crippen molar-refractivity contribution in [2.24, 2.45) is 0 Å². The summed E-state index contributed by atoms with van der Waals surface area (Å²) in [5.74, 6) is 0. The molecule has 1 heteroatoms. The van der Waals surface area contributed by atoms with Crippen LogP contribution in [0.25, 0.3) is 66.4 Å². The molecule has 1 aliphatic carbocycles. The highest BCUT2D eigenvalue weighted by molar-refractivity contribution is 6.06. The van der Waals surface area contributed by atoms with Gasteiger partial charge in [-0.05, 0) is 126 Å². The van der Waals surface area contributed by atoms with Gasteiger partial charge in [0.1, 0.15) is 0 Å². The van der Waals surface area contributed by atoms with Crippen LogP contribution in [-0.4, -0.2) is 0 Å². The van der Waals surface area contributed by atoms with Crippen molar-refractivity contribution in [3.8, 4) is 55.6 Å². The van der Waals surface area contributed by atoms with Crippen LogP contribution in [-0.2, 0) is 5.41 Å². The maximum Gasteiger partial charge on any atom is 0.0462 e. The molecule has 0 atom stereocenters. The predicted molar refractivity (Wildman–Crippen MR) is 238 cm³/mol. The lowest BCUT2D eigenvalue weighted by atomic mass is 9.78. The zero-order valence-corrected chi connectivity index (χ0v) is 31.7. The summed E-state index contributed by atoms with van der Waals surface area (Å²) in [5.41, 5.74) is 18.5. The standard InChI is InChI=1S/C55H41N/c1-55(2)53-36-44(28-35-49(53)52-37-51(43-18-10-5-11-19-43)48-20-12-13-21-50(48)54(52)55)42-26-33-47(34-27-42)56(45-29-22-40(23-30-45)38-14-6-3-7-15-38)46-31-24-41(25-32-46)39-16-8-4-9-17-39/h3-37H,1-2H3. The molecule has 9 aromatic carbocycles. The van der Waals surface area contributed by atoms with Crippen molar-refractivity contribution in [1.29, 1.82) is 0 Å². The van der Waals surface area contributed by atoms with E-state index in [9.17, 15) is 0 Å². The highest BCUT2D eigenvalue weighted by Gasteiger charge is 2.37. The average Bonchev–Trinajstić information content (AvgIpc) is 3.50. The summed E-state index contributed by atoms with van der Waals surface area (Å²) in [5, 5.41) is 2.65. The van der Waals surface area contributed by atoms with Crippen LogP contribution in [0.15, 0.2) is 212 Å². The molecule has 1 aliphatic rings. The number of hydrogen-bond acceptors (Lipinski definition) is 1. The molecule has 10 rings (SSSR count). The van der Waals surface area contributed by atoms with Gasteiger partial charge in [-0.1, -0.05) is 178 Å². The van der Waals surface area contributed by atoms with Crippen LogP contribution in [0.5, 0.6) is 0 Å². The molecule has 0 unspecified atom stereocenters. The fraction of sp³-hybridized carbons (Fsp3) is 0.0545. The lowest BCUT2D eigenvalue weighted by molar-refractivity contribution is 0.666. The Morgan fingerprint density at radius 3 is 1.20 bits per heavy atom. The first-order chi connectivity index (χ1) is 27.5. The van der Waals surface area contributed by atoms with Crippen LogP contribution >= 0.6 is 0 Å². The van der Waals surface area contributed by atoms with Crippen molar-refractivity contribution in [3.63, 3.8) is 0 Å². The summed E-state index contributed by atoms with van der Waals surface area (Å²) in [4.78, 5) is 2.35. The molecule has 0 amide bonds. The minimum absolute atomic E-state index is 0.149. The zero-order valence-electron chi connectivity index (χ0n) is 31.7. The van der Waals surface area contributed by atoms with Gasteiger partial charge in [-0.2, -0.15) is 0 Å². The number of fused-ring (bicyclic) bond motifs is 5. The average molecular weight is 716 g/mol. The molecular weight excluding hydrogens is 675 g/mol. The molecule has 0 heterocycles. The summed E-state index contributed by atoms with van der Waals surface area (Å²) in [6.45, 7) is 4.78. The molecule has 9 aromatic rings. The minimum Gasteiger partial charge on any atom is -0.311 e. The van der Waals surface area contributed by atoms with Crippen molar-refractivity contribution in [2.45, 2.75) is 19.3 Å². The van der Waals surface area contributed by atoms with E-state index in [-0.39, 0.29) is 5.41 Å². The van der Waals surface area contributed by atoms with Gasteiger partial charge in [-0.15, -0.1) is 0 Å². The molecule has 0 radical (unpaired) electrons. The van der Waals surface area contributed by atoms with Gasteiger partial charge >= 0.3 is 0 Å². The quantitative estimate of drug-likeness (QED) is 0.159. The first-order valence-electron chi connectivity index (χ1n) is 19.5. The molecule has 0 bridgehead atoms. The number of benzene rings is 9. The van der Waals surface area contributed by atoms with E-state index in [0.717, 1.165) is 17.1 Å². The van der Waals surface area contributed by atoms with Crippen LogP contribution in [0.3, 0.4) is 0 Å². The van der Waals surface area contributed by atoms with E-state index in [1.165, 1.54) is 77.5 Å². The first-order valence-corrected chi connectivity index (χ1v) is 19.5. The Morgan fingerprint density at radius 2 is 0.696 bits per heavy atom. The van der Waals surface area contributed by atoms with Gasteiger partial charge in [-0.3, -0.25) is 0 Å². The first kappa shape index (κ1) is 33.6. The van der Waals surface area contributed by atoms with Gasteiger partial charge in [0.15, 0.2) is 0 Å². The lowest BCUT2D eigenvalue weighted by Gasteiger charge is -2.26. The fourth-order valence-electron chi connectivity index (χ4n) is 8.85. The molecular formula is C55H41N. The van der Waals surface area contributed by atoms with Crippen LogP contribution in [0.1, 0.15) is 25.0 Å². The molecule has 1 nitrogen and oxygen atoms in total. The molecule has 0 N–H and O–H groups in total. The lowest BCUT2D eigenvalue weighted by Crippen LogP contribution is -2.15. The van der Waals surface area contributed by atoms with Gasteiger partial charge in [0.2, 0.25) is 0 Å². The van der Waals surface area contributed by atoms with E-state index in [0.29, 0.717) is 0 Å². The minimum atomic E-state index is -0.149. The molecule has 266 valence electrons. The Labute approximate surface area is 329 Å². The summed E-state index contributed by atoms with van der Waals surface area (Å²) in [7, 11) is 0. The molecule has 0 saturated heterocycles. The Hall–Kier alpha value is -6.96. The Kier molecular flexibility index (Phi) is 8.23. The second kappa shape index (κ2) is 13.7. The third kappa shape index (κ3) is 5.81. The van der Waals surface area contributed by atoms with E-state index < -0.39 is 0 Å². The second-order valence-electron chi connectivity index (χ2n) is 15.4. The van der Waals surface area contributed by atoms with Crippen molar-refractivity contribution < 1.29 is 0 Å². The van der Waals surface area contributed by atoms with Crippen LogP contribution in [0.2, 0.25) is 0 Å². The van der Waals surface area contributed by atoms with Crippen LogP contribution < -0.4 is 4.90 Å². The Morgan fingerprint density at radius 1 is 0.304 bits per heavy atom. The highest BCUT2D eigenvalue weighted by atomic mass is 15.1. The van der Waals surface area contributed by atoms with E-state index in [2.05, 4.69) is 231 Å². The molecule has 0 fully saturated rings. The van der Waals surface area contributed by atoms with Gasteiger partial charge in [0.25, 0.3) is 0 Å². The highest BCUT2D eigenvalue weighted by Crippen LogP contribution is 2.54. The number of rotatable bonds is 7. The number of nitrogens with zero attached hydrogens (tertiary/aromatic N) is 1. The van der Waals surface area contributed by atoms with Crippen LogP contribution in [0.4, 0.5) is 17.1 Å². The van der Waals surface area contributed by atoms with E-state index >= 15 is 0 Å². The van der Waals surface area contributed by atoms with Crippen molar-refractivity contribution >= 4 is 27.8 Å². The third-order valence-corrected chi connectivity index (χ3v) is 11.7. The van der Waals surface area contributed by atoms with Crippen molar-refractivity contribution in [2.75, 3.05) is 4.90 Å². The smallest absolute Gasteiger partial charge is 0.0462 e.